The Hall–Kier alpha value is -1.00. The molecule has 0 atom stereocenters. The van der Waals surface area contributed by atoms with Crippen molar-refractivity contribution >= 4 is 17.2 Å². The van der Waals surface area contributed by atoms with Gasteiger partial charge in [-0.3, -0.25) is 0 Å². The Morgan fingerprint density at radius 2 is 2.05 bits per heavy atom. The second-order valence-electron chi connectivity index (χ2n) is 6.35. The van der Waals surface area contributed by atoms with Crippen molar-refractivity contribution < 1.29 is 9.13 Å². The van der Waals surface area contributed by atoms with Crippen molar-refractivity contribution in [1.29, 1.82) is 0 Å². The van der Waals surface area contributed by atoms with E-state index in [4.69, 9.17) is 22.7 Å². The topological polar surface area (TPSA) is 35.2 Å². The number of benzene rings is 1. The van der Waals surface area contributed by atoms with Crippen LogP contribution in [0.5, 0.6) is 0 Å². The molecular formula is C16H22FNOS. The molecule has 0 spiro atoms. The third kappa shape index (κ3) is 4.00. The van der Waals surface area contributed by atoms with Crippen molar-refractivity contribution in [3.63, 3.8) is 0 Å². The van der Waals surface area contributed by atoms with E-state index < -0.39 is 0 Å². The van der Waals surface area contributed by atoms with E-state index in [9.17, 15) is 4.39 Å². The lowest BCUT2D eigenvalue weighted by Gasteiger charge is -2.34. The molecule has 0 unspecified atom stereocenters. The van der Waals surface area contributed by atoms with Gasteiger partial charge in [-0.15, -0.1) is 0 Å². The van der Waals surface area contributed by atoms with Gasteiger partial charge in [0.1, 0.15) is 10.8 Å². The Balaban J connectivity index is 1.92. The van der Waals surface area contributed by atoms with Crippen LogP contribution in [-0.2, 0) is 11.3 Å². The summed E-state index contributed by atoms with van der Waals surface area (Å²) < 4.78 is 19.4. The van der Waals surface area contributed by atoms with Gasteiger partial charge >= 0.3 is 0 Å². The quantitative estimate of drug-likeness (QED) is 0.854. The number of hydrogen-bond acceptors (Lipinski definition) is 2. The molecule has 1 aromatic carbocycles. The van der Waals surface area contributed by atoms with Crippen molar-refractivity contribution in [1.82, 2.24) is 0 Å². The SMILES string of the molecule is CC1(C)CCC(OCc2ccc(F)c(C(N)=S)c2)CC1. The standard InChI is InChI=1S/C16H22FNOS/c1-16(2)7-5-12(6-8-16)19-10-11-3-4-14(17)13(9-11)15(18)20/h3-4,9,12H,5-8,10H2,1-2H3,(H2,18,20). The summed E-state index contributed by atoms with van der Waals surface area (Å²) in [7, 11) is 0. The molecule has 2 nitrogen and oxygen atoms in total. The Labute approximate surface area is 125 Å². The lowest BCUT2D eigenvalue weighted by molar-refractivity contribution is -0.00560. The number of hydrogen-bond donors (Lipinski definition) is 1. The Morgan fingerprint density at radius 1 is 1.40 bits per heavy atom. The van der Waals surface area contributed by atoms with Gasteiger partial charge in [-0.1, -0.05) is 32.1 Å². The summed E-state index contributed by atoms with van der Waals surface area (Å²) in [6.45, 7) is 5.09. The highest BCUT2D eigenvalue weighted by Gasteiger charge is 2.27. The fourth-order valence-corrected chi connectivity index (χ4v) is 2.76. The summed E-state index contributed by atoms with van der Waals surface area (Å²) in [5.74, 6) is -0.374. The second-order valence-corrected chi connectivity index (χ2v) is 6.79. The maximum atomic E-state index is 13.5. The Bertz CT molecular complexity index is 491. The molecule has 110 valence electrons. The van der Waals surface area contributed by atoms with E-state index in [1.807, 2.05) is 0 Å². The summed E-state index contributed by atoms with van der Waals surface area (Å²) in [6, 6.07) is 4.81. The smallest absolute Gasteiger partial charge is 0.133 e. The number of halogens is 1. The van der Waals surface area contributed by atoms with Crippen molar-refractivity contribution in [2.75, 3.05) is 0 Å². The van der Waals surface area contributed by atoms with E-state index in [1.54, 1.807) is 12.1 Å². The highest BCUT2D eigenvalue weighted by Crippen LogP contribution is 2.36. The molecule has 1 fully saturated rings. The highest BCUT2D eigenvalue weighted by atomic mass is 32.1. The van der Waals surface area contributed by atoms with Gasteiger partial charge in [0.05, 0.1) is 12.7 Å². The van der Waals surface area contributed by atoms with Crippen LogP contribution in [0.1, 0.15) is 50.7 Å². The molecule has 0 aliphatic heterocycles. The van der Waals surface area contributed by atoms with E-state index >= 15 is 0 Å². The van der Waals surface area contributed by atoms with Crippen LogP contribution >= 0.6 is 12.2 Å². The minimum atomic E-state index is -0.374. The molecule has 0 heterocycles. The summed E-state index contributed by atoms with van der Waals surface area (Å²) >= 11 is 4.84. The maximum Gasteiger partial charge on any atom is 0.133 e. The van der Waals surface area contributed by atoms with Crippen LogP contribution in [0.25, 0.3) is 0 Å². The molecule has 1 aliphatic rings. The average Bonchev–Trinajstić information content (AvgIpc) is 2.38. The predicted octanol–water partition coefficient (Wildman–Crippen LogP) is 3.95. The number of rotatable bonds is 4. The summed E-state index contributed by atoms with van der Waals surface area (Å²) in [5.41, 5.74) is 7.15. The fraction of sp³-hybridized carbons (Fsp3) is 0.562. The van der Waals surface area contributed by atoms with Crippen LogP contribution in [0.4, 0.5) is 4.39 Å². The van der Waals surface area contributed by atoms with Gasteiger partial charge in [0, 0.05) is 5.56 Å². The molecule has 0 bridgehead atoms. The minimum Gasteiger partial charge on any atom is -0.389 e. The Morgan fingerprint density at radius 3 is 2.65 bits per heavy atom. The zero-order valence-electron chi connectivity index (χ0n) is 12.1. The third-order valence-electron chi connectivity index (χ3n) is 4.07. The highest BCUT2D eigenvalue weighted by molar-refractivity contribution is 7.80. The molecule has 2 rings (SSSR count). The van der Waals surface area contributed by atoms with E-state index in [-0.39, 0.29) is 10.8 Å². The van der Waals surface area contributed by atoms with Crippen LogP contribution in [-0.4, -0.2) is 11.1 Å². The Kier molecular flexibility index (Phi) is 4.76. The first-order valence-electron chi connectivity index (χ1n) is 7.07. The molecule has 1 aromatic rings. The average molecular weight is 295 g/mol. The zero-order valence-corrected chi connectivity index (χ0v) is 12.9. The summed E-state index contributed by atoms with van der Waals surface area (Å²) in [5, 5.41) is 0. The van der Waals surface area contributed by atoms with Crippen molar-refractivity contribution in [3.05, 3.63) is 35.1 Å². The molecule has 1 saturated carbocycles. The van der Waals surface area contributed by atoms with Crippen molar-refractivity contribution in [3.8, 4) is 0 Å². The van der Waals surface area contributed by atoms with Crippen molar-refractivity contribution in [2.24, 2.45) is 11.1 Å². The van der Waals surface area contributed by atoms with E-state index in [1.165, 1.54) is 18.9 Å². The van der Waals surface area contributed by atoms with E-state index in [2.05, 4.69) is 13.8 Å². The van der Waals surface area contributed by atoms with E-state index in [0.717, 1.165) is 18.4 Å². The molecule has 2 N–H and O–H groups in total. The fourth-order valence-electron chi connectivity index (χ4n) is 2.60. The summed E-state index contributed by atoms with van der Waals surface area (Å²) in [4.78, 5) is 0.0868. The zero-order chi connectivity index (χ0) is 14.8. The predicted molar refractivity (Wildman–Crippen MR) is 83.1 cm³/mol. The molecule has 20 heavy (non-hydrogen) atoms. The van der Waals surface area contributed by atoms with Crippen LogP contribution < -0.4 is 5.73 Å². The summed E-state index contributed by atoms with van der Waals surface area (Å²) in [6.07, 6.45) is 4.88. The van der Waals surface area contributed by atoms with Crippen molar-refractivity contribution in [2.45, 2.75) is 52.2 Å². The van der Waals surface area contributed by atoms with Crippen LogP contribution in [0.2, 0.25) is 0 Å². The third-order valence-corrected chi connectivity index (χ3v) is 4.29. The second kappa shape index (κ2) is 6.19. The van der Waals surface area contributed by atoms with E-state index in [0.29, 0.717) is 23.7 Å². The maximum absolute atomic E-state index is 13.5. The number of nitrogens with two attached hydrogens (primary N) is 1. The van der Waals surface area contributed by atoms with Gasteiger partial charge in [0.2, 0.25) is 0 Å². The first kappa shape index (κ1) is 15.4. The van der Waals surface area contributed by atoms with Gasteiger partial charge in [-0.25, -0.2) is 4.39 Å². The first-order valence-corrected chi connectivity index (χ1v) is 7.48. The van der Waals surface area contributed by atoms with Gasteiger partial charge in [-0.2, -0.15) is 0 Å². The molecule has 0 aromatic heterocycles. The normalized spacial score (nSPS) is 18.9. The van der Waals surface area contributed by atoms with Crippen LogP contribution in [0.15, 0.2) is 18.2 Å². The van der Waals surface area contributed by atoms with Gasteiger partial charge in [0.25, 0.3) is 0 Å². The molecule has 0 amide bonds. The molecule has 4 heteroatoms. The van der Waals surface area contributed by atoms with Crippen LogP contribution in [0.3, 0.4) is 0 Å². The first-order chi connectivity index (χ1) is 9.37. The monoisotopic (exact) mass is 295 g/mol. The van der Waals surface area contributed by atoms with Gasteiger partial charge in [0.15, 0.2) is 0 Å². The number of ether oxygens (including phenoxy) is 1. The van der Waals surface area contributed by atoms with Gasteiger partial charge < -0.3 is 10.5 Å². The number of thiocarbonyl (C=S) groups is 1. The minimum absolute atomic E-state index is 0.0868. The molecule has 0 saturated heterocycles. The molecule has 0 radical (unpaired) electrons. The van der Waals surface area contributed by atoms with Crippen LogP contribution in [0, 0.1) is 11.2 Å². The molecular weight excluding hydrogens is 273 g/mol. The largest absolute Gasteiger partial charge is 0.389 e. The van der Waals surface area contributed by atoms with Gasteiger partial charge in [-0.05, 0) is 48.8 Å². The lowest BCUT2D eigenvalue weighted by atomic mass is 9.76. The molecule has 1 aliphatic carbocycles. The lowest BCUT2D eigenvalue weighted by Crippen LogP contribution is -2.26.